The highest BCUT2D eigenvalue weighted by molar-refractivity contribution is 5.59. The fourth-order valence-electron chi connectivity index (χ4n) is 1.91. The average Bonchev–Trinajstić information content (AvgIpc) is 2.80. The van der Waals surface area contributed by atoms with Crippen molar-refractivity contribution in [3.8, 4) is 11.3 Å². The lowest BCUT2D eigenvalue weighted by molar-refractivity contribution is 0.258. The first-order valence-corrected chi connectivity index (χ1v) is 5.97. The number of imidazole rings is 1. The zero-order chi connectivity index (χ0) is 12.3. The van der Waals surface area contributed by atoms with Crippen LogP contribution in [0, 0.1) is 6.92 Å². The zero-order valence-electron chi connectivity index (χ0n) is 10.3. The third-order valence-electron chi connectivity index (χ3n) is 3.02. The molecule has 3 nitrogen and oxygen atoms in total. The van der Waals surface area contributed by atoms with Crippen molar-refractivity contribution in [2.45, 2.75) is 26.2 Å². The maximum absolute atomic E-state index is 9.24. The molecule has 1 aromatic heterocycles. The van der Waals surface area contributed by atoms with E-state index in [1.54, 1.807) is 0 Å². The number of H-pyrrole nitrogens is 1. The first-order valence-electron chi connectivity index (χ1n) is 5.97. The number of nitrogens with one attached hydrogen (secondary N) is 1. The number of aromatic amines is 1. The second kappa shape index (κ2) is 5.15. The van der Waals surface area contributed by atoms with Crippen molar-refractivity contribution in [3.63, 3.8) is 0 Å². The van der Waals surface area contributed by atoms with Gasteiger partial charge in [0.05, 0.1) is 18.5 Å². The number of aromatic nitrogens is 2. The van der Waals surface area contributed by atoms with Gasteiger partial charge in [0.1, 0.15) is 5.82 Å². The molecule has 1 aromatic carbocycles. The maximum Gasteiger partial charge on any atom is 0.111 e. The van der Waals surface area contributed by atoms with E-state index in [2.05, 4.69) is 42.0 Å². The van der Waals surface area contributed by atoms with Crippen molar-refractivity contribution in [2.24, 2.45) is 0 Å². The SMILES string of the molecule is CCC(CO)c1ncc(-c2cccc(C)c2)[nH]1. The third kappa shape index (κ3) is 2.56. The average molecular weight is 230 g/mol. The van der Waals surface area contributed by atoms with Gasteiger partial charge >= 0.3 is 0 Å². The number of aryl methyl sites for hydroxylation is 1. The number of benzene rings is 1. The summed E-state index contributed by atoms with van der Waals surface area (Å²) >= 11 is 0. The van der Waals surface area contributed by atoms with Gasteiger partial charge in [0.25, 0.3) is 0 Å². The lowest BCUT2D eigenvalue weighted by Crippen LogP contribution is -2.04. The van der Waals surface area contributed by atoms with Crippen LogP contribution in [-0.2, 0) is 0 Å². The minimum atomic E-state index is 0.105. The van der Waals surface area contributed by atoms with Crippen LogP contribution in [0.1, 0.15) is 30.7 Å². The Hall–Kier alpha value is -1.61. The van der Waals surface area contributed by atoms with Gasteiger partial charge in [-0.05, 0) is 25.0 Å². The Balaban J connectivity index is 2.29. The van der Waals surface area contributed by atoms with Crippen LogP contribution in [0.2, 0.25) is 0 Å². The number of hydrogen-bond donors (Lipinski definition) is 2. The van der Waals surface area contributed by atoms with Crippen molar-refractivity contribution in [1.82, 2.24) is 9.97 Å². The van der Waals surface area contributed by atoms with Gasteiger partial charge in [0.2, 0.25) is 0 Å². The van der Waals surface area contributed by atoms with Crippen LogP contribution in [0.15, 0.2) is 30.5 Å². The summed E-state index contributed by atoms with van der Waals surface area (Å²) in [5.74, 6) is 0.972. The standard InChI is InChI=1S/C14H18N2O/c1-3-11(9-17)14-15-8-13(16-14)12-6-4-5-10(2)7-12/h4-8,11,17H,3,9H2,1-2H3,(H,15,16). The van der Waals surface area contributed by atoms with Crippen molar-refractivity contribution in [1.29, 1.82) is 0 Å². The predicted molar refractivity (Wildman–Crippen MR) is 68.9 cm³/mol. The Bertz CT molecular complexity index is 486. The van der Waals surface area contributed by atoms with E-state index in [0.717, 1.165) is 23.5 Å². The highest BCUT2D eigenvalue weighted by atomic mass is 16.3. The van der Waals surface area contributed by atoms with E-state index in [0.29, 0.717) is 0 Å². The molecule has 17 heavy (non-hydrogen) atoms. The van der Waals surface area contributed by atoms with Crippen LogP contribution >= 0.6 is 0 Å². The Morgan fingerprint density at radius 3 is 2.88 bits per heavy atom. The highest BCUT2D eigenvalue weighted by Crippen LogP contribution is 2.22. The fourth-order valence-corrected chi connectivity index (χ4v) is 1.91. The molecule has 2 aromatic rings. The van der Waals surface area contributed by atoms with Gasteiger partial charge in [0.15, 0.2) is 0 Å². The minimum Gasteiger partial charge on any atom is -0.396 e. The first-order chi connectivity index (χ1) is 8.24. The van der Waals surface area contributed by atoms with E-state index in [-0.39, 0.29) is 12.5 Å². The highest BCUT2D eigenvalue weighted by Gasteiger charge is 2.12. The summed E-state index contributed by atoms with van der Waals surface area (Å²) in [5, 5.41) is 9.24. The molecular formula is C14H18N2O. The largest absolute Gasteiger partial charge is 0.396 e. The summed E-state index contributed by atoms with van der Waals surface area (Å²) in [5.41, 5.74) is 3.37. The van der Waals surface area contributed by atoms with Gasteiger partial charge in [-0.25, -0.2) is 4.98 Å². The second-order valence-electron chi connectivity index (χ2n) is 4.34. The number of nitrogens with zero attached hydrogens (tertiary/aromatic N) is 1. The van der Waals surface area contributed by atoms with E-state index in [1.807, 2.05) is 12.3 Å². The van der Waals surface area contributed by atoms with E-state index in [9.17, 15) is 5.11 Å². The Kier molecular flexibility index (Phi) is 3.59. The molecule has 0 aliphatic heterocycles. The number of rotatable bonds is 4. The van der Waals surface area contributed by atoms with E-state index < -0.39 is 0 Å². The molecule has 90 valence electrons. The molecule has 0 radical (unpaired) electrons. The second-order valence-corrected chi connectivity index (χ2v) is 4.34. The van der Waals surface area contributed by atoms with E-state index in [4.69, 9.17) is 0 Å². The molecule has 0 saturated heterocycles. The summed E-state index contributed by atoms with van der Waals surface area (Å²) in [7, 11) is 0. The molecule has 0 aliphatic carbocycles. The molecule has 0 bridgehead atoms. The zero-order valence-corrected chi connectivity index (χ0v) is 10.3. The molecular weight excluding hydrogens is 212 g/mol. The van der Waals surface area contributed by atoms with Crippen molar-refractivity contribution in [2.75, 3.05) is 6.61 Å². The van der Waals surface area contributed by atoms with Gasteiger partial charge in [-0.3, -0.25) is 0 Å². The Morgan fingerprint density at radius 1 is 1.41 bits per heavy atom. The van der Waals surface area contributed by atoms with E-state index >= 15 is 0 Å². The lowest BCUT2D eigenvalue weighted by Gasteiger charge is -2.07. The van der Waals surface area contributed by atoms with Crippen LogP contribution in [0.25, 0.3) is 11.3 Å². The van der Waals surface area contributed by atoms with Gasteiger partial charge in [0, 0.05) is 5.92 Å². The number of hydrogen-bond acceptors (Lipinski definition) is 2. The van der Waals surface area contributed by atoms with Gasteiger partial charge in [-0.2, -0.15) is 0 Å². The summed E-state index contributed by atoms with van der Waals surface area (Å²) in [6, 6.07) is 8.29. The molecule has 2 N–H and O–H groups in total. The smallest absolute Gasteiger partial charge is 0.111 e. The van der Waals surface area contributed by atoms with E-state index in [1.165, 1.54) is 5.56 Å². The van der Waals surface area contributed by atoms with Crippen LogP contribution in [0.4, 0.5) is 0 Å². The molecule has 0 fully saturated rings. The molecule has 0 saturated carbocycles. The first kappa shape index (κ1) is 11.9. The summed E-state index contributed by atoms with van der Waals surface area (Å²) in [6.45, 7) is 4.26. The third-order valence-corrected chi connectivity index (χ3v) is 3.02. The quantitative estimate of drug-likeness (QED) is 0.848. The predicted octanol–water partition coefficient (Wildman–Crippen LogP) is 2.87. The van der Waals surface area contributed by atoms with Crippen LogP contribution in [0.3, 0.4) is 0 Å². The van der Waals surface area contributed by atoms with Crippen LogP contribution < -0.4 is 0 Å². The molecule has 0 aliphatic rings. The molecule has 3 heteroatoms. The van der Waals surface area contributed by atoms with Crippen molar-refractivity contribution in [3.05, 3.63) is 41.9 Å². The number of aliphatic hydroxyl groups is 1. The molecule has 1 unspecified atom stereocenters. The summed E-state index contributed by atoms with van der Waals surface area (Å²) in [6.07, 6.45) is 2.72. The molecule has 2 rings (SSSR count). The maximum atomic E-state index is 9.24. The van der Waals surface area contributed by atoms with Gasteiger partial charge in [-0.1, -0.05) is 30.7 Å². The molecule has 1 atom stereocenters. The molecule has 1 heterocycles. The normalized spacial score (nSPS) is 12.6. The summed E-state index contributed by atoms with van der Waals surface area (Å²) in [4.78, 5) is 7.64. The molecule has 0 spiro atoms. The Labute approximate surface area is 102 Å². The number of aliphatic hydroxyl groups excluding tert-OH is 1. The topological polar surface area (TPSA) is 48.9 Å². The van der Waals surface area contributed by atoms with Crippen molar-refractivity contribution >= 4 is 0 Å². The molecule has 0 amide bonds. The van der Waals surface area contributed by atoms with Gasteiger partial charge in [-0.15, -0.1) is 0 Å². The van der Waals surface area contributed by atoms with Crippen LogP contribution in [-0.4, -0.2) is 21.7 Å². The van der Waals surface area contributed by atoms with Crippen molar-refractivity contribution < 1.29 is 5.11 Å². The lowest BCUT2D eigenvalue weighted by atomic mass is 10.1. The van der Waals surface area contributed by atoms with Gasteiger partial charge < -0.3 is 10.1 Å². The van der Waals surface area contributed by atoms with Crippen LogP contribution in [0.5, 0.6) is 0 Å². The minimum absolute atomic E-state index is 0.105. The fraction of sp³-hybridized carbons (Fsp3) is 0.357. The Morgan fingerprint density at radius 2 is 2.24 bits per heavy atom. The summed E-state index contributed by atoms with van der Waals surface area (Å²) < 4.78 is 0. The monoisotopic (exact) mass is 230 g/mol.